The zero-order valence-corrected chi connectivity index (χ0v) is 8.32. The van der Waals surface area contributed by atoms with Crippen molar-refractivity contribution in [2.24, 2.45) is 0 Å². The van der Waals surface area contributed by atoms with Crippen molar-refractivity contribution in [3.63, 3.8) is 0 Å². The Kier molecular flexibility index (Phi) is 2.17. The van der Waals surface area contributed by atoms with E-state index in [4.69, 9.17) is 0 Å². The van der Waals surface area contributed by atoms with Crippen LogP contribution in [0.5, 0.6) is 0 Å². The number of rotatable bonds is 2. The number of allylic oxidation sites excluding steroid dienone is 2. The van der Waals surface area contributed by atoms with Gasteiger partial charge in [0.2, 0.25) is 0 Å². The van der Waals surface area contributed by atoms with E-state index in [1.807, 2.05) is 0 Å². The van der Waals surface area contributed by atoms with Gasteiger partial charge in [-0.3, -0.25) is 0 Å². The van der Waals surface area contributed by atoms with Crippen molar-refractivity contribution in [2.45, 2.75) is 24.4 Å². The van der Waals surface area contributed by atoms with Crippen LogP contribution in [0, 0.1) is 0 Å². The summed E-state index contributed by atoms with van der Waals surface area (Å²) in [5.74, 6) is 0. The monoisotopic (exact) mass is 184 g/mol. The third-order valence-electron chi connectivity index (χ3n) is 2.28. The van der Waals surface area contributed by atoms with Crippen molar-refractivity contribution in [2.75, 3.05) is 0 Å². The Hall–Kier alpha value is 0.0229. The van der Waals surface area contributed by atoms with E-state index in [0.29, 0.717) is 0 Å². The molecule has 0 radical (unpaired) electrons. The molecule has 1 rings (SSSR count). The molecular formula is C8H14Ge. The first kappa shape index (κ1) is 7.13. The number of hydrogen-bond donors (Lipinski definition) is 0. The molecule has 0 aromatic heterocycles. The number of hydrogen-bond acceptors (Lipinski definition) is 0. The van der Waals surface area contributed by atoms with Crippen LogP contribution >= 0.6 is 0 Å². The molecule has 9 heavy (non-hydrogen) atoms. The Bertz CT molecular complexity index is 127. The van der Waals surface area contributed by atoms with Crippen molar-refractivity contribution in [3.05, 3.63) is 22.0 Å². The molecule has 0 amide bonds. The molecular weight excluding hydrogens is 169 g/mol. The Morgan fingerprint density at radius 3 is 1.67 bits per heavy atom. The second kappa shape index (κ2) is 2.74. The molecule has 0 unspecified atom stereocenters. The van der Waals surface area contributed by atoms with Gasteiger partial charge < -0.3 is 0 Å². The predicted octanol–water partition coefficient (Wildman–Crippen LogP) is 2.68. The molecule has 0 aromatic rings. The second-order valence-corrected chi connectivity index (χ2v) is 12.2. The minimum atomic E-state index is -1.42. The maximum atomic E-state index is 2.49. The van der Waals surface area contributed by atoms with E-state index in [2.05, 4.69) is 35.8 Å². The van der Waals surface area contributed by atoms with Gasteiger partial charge in [0.05, 0.1) is 0 Å². The van der Waals surface area contributed by atoms with Crippen LogP contribution in [0.2, 0.25) is 10.5 Å². The van der Waals surface area contributed by atoms with E-state index in [-0.39, 0.29) is 0 Å². The van der Waals surface area contributed by atoms with Crippen molar-refractivity contribution >= 4 is 13.3 Å². The van der Waals surface area contributed by atoms with E-state index >= 15 is 0 Å². The van der Waals surface area contributed by atoms with Crippen LogP contribution in [-0.4, -0.2) is 13.3 Å². The first-order chi connectivity index (χ1) is 4.33. The third kappa shape index (κ3) is 1.29. The van der Waals surface area contributed by atoms with Crippen LogP contribution < -0.4 is 0 Å². The summed E-state index contributed by atoms with van der Waals surface area (Å²) < 4.78 is 0. The normalized spacial score (nSPS) is 21.1. The molecule has 0 nitrogen and oxygen atoms in total. The molecule has 1 heterocycles. The molecule has 0 saturated carbocycles. The molecule has 0 N–H and O–H groups in total. The van der Waals surface area contributed by atoms with Crippen LogP contribution in [0.4, 0.5) is 0 Å². The predicted molar refractivity (Wildman–Crippen MR) is 45.0 cm³/mol. The summed E-state index contributed by atoms with van der Waals surface area (Å²) in [4.78, 5) is 4.97. The maximum absolute atomic E-state index is 2.49. The Balaban J connectivity index is 2.69. The second-order valence-electron chi connectivity index (χ2n) is 2.66. The molecule has 1 heteroatoms. The van der Waals surface area contributed by atoms with Crippen LogP contribution in [0.25, 0.3) is 0 Å². The molecule has 0 bridgehead atoms. The average molecular weight is 183 g/mol. The Labute approximate surface area is 60.0 Å². The van der Waals surface area contributed by atoms with Crippen molar-refractivity contribution < 1.29 is 0 Å². The molecule has 0 atom stereocenters. The first-order valence-corrected chi connectivity index (χ1v) is 9.09. The summed E-state index contributed by atoms with van der Waals surface area (Å²) >= 11 is -1.42. The van der Waals surface area contributed by atoms with E-state index < -0.39 is 13.3 Å². The fourth-order valence-electron chi connectivity index (χ4n) is 1.27. The van der Waals surface area contributed by atoms with Gasteiger partial charge in [-0.25, -0.2) is 0 Å². The van der Waals surface area contributed by atoms with E-state index in [1.165, 1.54) is 10.5 Å². The van der Waals surface area contributed by atoms with E-state index in [1.54, 1.807) is 0 Å². The molecule has 1 aliphatic rings. The van der Waals surface area contributed by atoms with Crippen LogP contribution in [0.3, 0.4) is 0 Å². The van der Waals surface area contributed by atoms with Crippen molar-refractivity contribution in [1.29, 1.82) is 0 Å². The molecule has 0 aromatic carbocycles. The average Bonchev–Trinajstić information content (AvgIpc) is 2.36. The van der Waals surface area contributed by atoms with Gasteiger partial charge in [0, 0.05) is 0 Å². The third-order valence-corrected chi connectivity index (χ3v) is 11.4. The fourth-order valence-corrected chi connectivity index (χ4v) is 6.61. The summed E-state index contributed by atoms with van der Waals surface area (Å²) in [6.07, 6.45) is 4.46. The van der Waals surface area contributed by atoms with Gasteiger partial charge in [-0.1, -0.05) is 0 Å². The zero-order chi connectivity index (χ0) is 6.74. The van der Waals surface area contributed by atoms with Crippen molar-refractivity contribution in [1.82, 2.24) is 0 Å². The fraction of sp³-hybridized carbons (Fsp3) is 0.500. The molecule has 0 spiro atoms. The van der Waals surface area contributed by atoms with E-state index in [9.17, 15) is 0 Å². The standard InChI is InChI=1S/C8H14Ge/c1-3-9(4-2)7-5-6-8-9/h5-8H,3-4H2,1-2H3. The van der Waals surface area contributed by atoms with Gasteiger partial charge in [0.1, 0.15) is 0 Å². The van der Waals surface area contributed by atoms with Gasteiger partial charge in [0.25, 0.3) is 0 Å². The Morgan fingerprint density at radius 1 is 1.00 bits per heavy atom. The van der Waals surface area contributed by atoms with Gasteiger partial charge in [0.15, 0.2) is 0 Å². The topological polar surface area (TPSA) is 0 Å². The van der Waals surface area contributed by atoms with Crippen LogP contribution in [-0.2, 0) is 0 Å². The summed E-state index contributed by atoms with van der Waals surface area (Å²) in [5, 5.41) is 2.84. The van der Waals surface area contributed by atoms with Gasteiger partial charge in [-0.05, 0) is 0 Å². The SMILES string of the molecule is C[CH2][Ge]1([CH2]C)[CH]=CC=[CH]1. The minimum absolute atomic E-state index is 1.42. The molecule has 50 valence electrons. The molecule has 0 saturated heterocycles. The summed E-state index contributed by atoms with van der Waals surface area (Å²) in [6.45, 7) is 4.65. The summed E-state index contributed by atoms with van der Waals surface area (Å²) in [5.41, 5.74) is 0. The molecule has 1 aliphatic heterocycles. The summed E-state index contributed by atoms with van der Waals surface area (Å²) in [7, 11) is 0. The summed E-state index contributed by atoms with van der Waals surface area (Å²) in [6, 6.07) is 0. The quantitative estimate of drug-likeness (QED) is 0.577. The van der Waals surface area contributed by atoms with Crippen LogP contribution in [0.1, 0.15) is 13.8 Å². The van der Waals surface area contributed by atoms with Crippen molar-refractivity contribution in [3.8, 4) is 0 Å². The zero-order valence-electron chi connectivity index (χ0n) is 6.22. The molecule has 0 aliphatic carbocycles. The van der Waals surface area contributed by atoms with Gasteiger partial charge in [-0.15, -0.1) is 0 Å². The van der Waals surface area contributed by atoms with E-state index in [0.717, 1.165) is 0 Å². The van der Waals surface area contributed by atoms with Gasteiger partial charge >= 0.3 is 59.6 Å². The first-order valence-electron chi connectivity index (χ1n) is 3.70. The molecule has 0 fully saturated rings. The van der Waals surface area contributed by atoms with Crippen LogP contribution in [0.15, 0.2) is 22.0 Å². The Morgan fingerprint density at radius 2 is 1.44 bits per heavy atom. The van der Waals surface area contributed by atoms with Gasteiger partial charge in [-0.2, -0.15) is 0 Å².